The molecule has 0 bridgehead atoms. The molecule has 1 fully saturated rings. The Morgan fingerprint density at radius 2 is 1.72 bits per heavy atom. The molecule has 1 heterocycles. The van der Waals surface area contributed by atoms with Crippen LogP contribution in [0.25, 0.3) is 0 Å². The van der Waals surface area contributed by atoms with E-state index in [1.807, 2.05) is 0 Å². The highest BCUT2D eigenvalue weighted by Crippen LogP contribution is 2.32. The zero-order valence-electron chi connectivity index (χ0n) is 13.3. The molecule has 1 saturated carbocycles. The molecule has 0 radical (unpaired) electrons. The summed E-state index contributed by atoms with van der Waals surface area (Å²) in [5, 5.41) is 4.97. The van der Waals surface area contributed by atoms with Crippen LogP contribution in [-0.2, 0) is 0 Å². The first-order chi connectivity index (χ1) is 12.0. The number of aromatic nitrogens is 2. The summed E-state index contributed by atoms with van der Waals surface area (Å²) in [5.74, 6) is 0.0141. The van der Waals surface area contributed by atoms with Crippen molar-refractivity contribution in [1.82, 2.24) is 15.3 Å². The van der Waals surface area contributed by atoms with E-state index in [0.29, 0.717) is 5.92 Å². The molecule has 25 heavy (non-hydrogen) atoms. The largest absolute Gasteiger partial charge is 0.327 e. The lowest BCUT2D eigenvalue weighted by Gasteiger charge is -2.10. The Kier molecular flexibility index (Phi) is 5.50. The number of benzene rings is 1. The van der Waals surface area contributed by atoms with Gasteiger partial charge in [0.1, 0.15) is 0 Å². The second-order valence-electron chi connectivity index (χ2n) is 5.81. The number of nitrogens with zero attached hydrogens (tertiary/aromatic N) is 2. The van der Waals surface area contributed by atoms with Gasteiger partial charge in [-0.15, -0.1) is 0 Å². The van der Waals surface area contributed by atoms with E-state index in [1.54, 1.807) is 12.3 Å². The molecule has 8 heteroatoms. The lowest BCUT2D eigenvalue weighted by molar-refractivity contribution is 0.0967. The van der Waals surface area contributed by atoms with E-state index in [4.69, 9.17) is 23.2 Å². The predicted octanol–water partition coefficient (Wildman–Crippen LogP) is 4.40. The summed E-state index contributed by atoms with van der Waals surface area (Å²) in [7, 11) is 0. The number of halogens is 2. The zero-order valence-corrected chi connectivity index (χ0v) is 14.8. The Morgan fingerprint density at radius 3 is 2.32 bits per heavy atom. The topological polar surface area (TPSA) is 84.0 Å². The summed E-state index contributed by atoms with van der Waals surface area (Å²) in [4.78, 5) is 32.6. The van der Waals surface area contributed by atoms with Gasteiger partial charge in [-0.05, 0) is 25.0 Å². The Bertz CT molecular complexity index is 769. The third-order valence-electron chi connectivity index (χ3n) is 4.10. The molecule has 130 valence electrons. The minimum Gasteiger partial charge on any atom is -0.291 e. The number of amides is 3. The smallest absolute Gasteiger partial charge is 0.291 e. The molecular weight excluding hydrogens is 363 g/mol. The molecule has 1 aromatic heterocycles. The second-order valence-corrected chi connectivity index (χ2v) is 6.63. The van der Waals surface area contributed by atoms with Gasteiger partial charge in [0.2, 0.25) is 0 Å². The minimum absolute atomic E-state index is 0.0450. The maximum absolute atomic E-state index is 12.1. The number of rotatable bonds is 3. The molecule has 3 rings (SSSR count). The fourth-order valence-electron chi connectivity index (χ4n) is 2.86. The predicted molar refractivity (Wildman–Crippen MR) is 96.2 cm³/mol. The molecule has 2 aromatic rings. The van der Waals surface area contributed by atoms with Gasteiger partial charge in [-0.2, -0.15) is 0 Å². The highest BCUT2D eigenvalue weighted by molar-refractivity contribution is 6.40. The van der Waals surface area contributed by atoms with Gasteiger partial charge in [0.25, 0.3) is 5.91 Å². The number of anilines is 1. The van der Waals surface area contributed by atoms with Crippen LogP contribution in [0.15, 0.2) is 30.6 Å². The first-order valence-corrected chi connectivity index (χ1v) is 8.68. The lowest BCUT2D eigenvalue weighted by Crippen LogP contribution is -2.35. The number of urea groups is 1. The molecule has 0 saturated heterocycles. The summed E-state index contributed by atoms with van der Waals surface area (Å²) in [6.07, 6.45) is 7.81. The Labute approximate surface area is 155 Å². The molecule has 1 aliphatic rings. The van der Waals surface area contributed by atoms with Crippen molar-refractivity contribution in [1.29, 1.82) is 0 Å². The van der Waals surface area contributed by atoms with Crippen LogP contribution in [0.1, 0.15) is 47.7 Å². The first kappa shape index (κ1) is 17.6. The normalized spacial score (nSPS) is 14.3. The average Bonchev–Trinajstić information content (AvgIpc) is 3.09. The monoisotopic (exact) mass is 378 g/mol. The summed E-state index contributed by atoms with van der Waals surface area (Å²) >= 11 is 11.9. The Balaban J connectivity index is 1.61. The summed E-state index contributed by atoms with van der Waals surface area (Å²) in [6.45, 7) is 0. The number of hydrogen-bond acceptors (Lipinski definition) is 4. The molecule has 3 amide bonds. The molecule has 1 aromatic carbocycles. The van der Waals surface area contributed by atoms with Crippen LogP contribution in [0.3, 0.4) is 0 Å². The molecular formula is C17H16Cl2N4O2. The standard InChI is InChI=1S/C17H16Cl2N4O2/c18-11-6-3-7-12(19)15(11)16(24)23-17(25)22-14-9-20-13(8-21-14)10-4-1-2-5-10/h3,6-10H,1-2,4-5H2,(H2,21,22,23,24,25). The van der Waals surface area contributed by atoms with E-state index in [9.17, 15) is 9.59 Å². The number of imide groups is 1. The van der Waals surface area contributed by atoms with Crippen LogP contribution >= 0.6 is 23.2 Å². The minimum atomic E-state index is -0.732. The van der Waals surface area contributed by atoms with Crippen molar-refractivity contribution in [2.24, 2.45) is 0 Å². The van der Waals surface area contributed by atoms with Crippen molar-refractivity contribution in [2.75, 3.05) is 5.32 Å². The van der Waals surface area contributed by atoms with Gasteiger partial charge in [-0.3, -0.25) is 20.4 Å². The van der Waals surface area contributed by atoms with E-state index in [1.165, 1.54) is 31.2 Å². The van der Waals surface area contributed by atoms with Crippen LogP contribution in [-0.4, -0.2) is 21.9 Å². The fourth-order valence-corrected chi connectivity index (χ4v) is 3.43. The molecule has 2 N–H and O–H groups in total. The van der Waals surface area contributed by atoms with Gasteiger partial charge >= 0.3 is 6.03 Å². The molecule has 6 nitrogen and oxygen atoms in total. The van der Waals surface area contributed by atoms with Crippen molar-refractivity contribution in [3.63, 3.8) is 0 Å². The van der Waals surface area contributed by atoms with E-state index < -0.39 is 11.9 Å². The van der Waals surface area contributed by atoms with E-state index >= 15 is 0 Å². The van der Waals surface area contributed by atoms with Gasteiger partial charge in [0.05, 0.1) is 33.7 Å². The fraction of sp³-hybridized carbons (Fsp3) is 0.294. The highest BCUT2D eigenvalue weighted by Gasteiger charge is 2.19. The van der Waals surface area contributed by atoms with E-state index in [-0.39, 0.29) is 21.4 Å². The molecule has 0 unspecified atom stereocenters. The van der Waals surface area contributed by atoms with Gasteiger partial charge in [-0.25, -0.2) is 9.78 Å². The summed E-state index contributed by atoms with van der Waals surface area (Å²) < 4.78 is 0. The Hall–Kier alpha value is -2.18. The van der Waals surface area contributed by atoms with Crippen LogP contribution in [0.4, 0.5) is 10.6 Å². The van der Waals surface area contributed by atoms with Crippen molar-refractivity contribution in [3.8, 4) is 0 Å². The van der Waals surface area contributed by atoms with Crippen molar-refractivity contribution in [3.05, 3.63) is 51.9 Å². The number of carbonyl (C=O) groups is 2. The van der Waals surface area contributed by atoms with Crippen molar-refractivity contribution in [2.45, 2.75) is 31.6 Å². The van der Waals surface area contributed by atoms with Gasteiger partial charge < -0.3 is 0 Å². The van der Waals surface area contributed by atoms with Gasteiger partial charge in [0, 0.05) is 5.92 Å². The molecule has 0 aliphatic heterocycles. The third kappa shape index (κ3) is 4.27. The Morgan fingerprint density at radius 1 is 1.04 bits per heavy atom. The zero-order chi connectivity index (χ0) is 17.8. The maximum Gasteiger partial charge on any atom is 0.327 e. The van der Waals surface area contributed by atoms with Crippen molar-refractivity contribution < 1.29 is 9.59 Å². The van der Waals surface area contributed by atoms with E-state index in [0.717, 1.165) is 18.5 Å². The number of hydrogen-bond donors (Lipinski definition) is 2. The summed E-state index contributed by atoms with van der Waals surface area (Å²) in [5.41, 5.74) is 0.978. The molecule has 0 spiro atoms. The summed E-state index contributed by atoms with van der Waals surface area (Å²) in [6, 6.07) is 3.92. The van der Waals surface area contributed by atoms with Crippen molar-refractivity contribution >= 4 is 41.0 Å². The average molecular weight is 379 g/mol. The van der Waals surface area contributed by atoms with Crippen LogP contribution < -0.4 is 10.6 Å². The van der Waals surface area contributed by atoms with Crippen LogP contribution in [0.2, 0.25) is 10.0 Å². The maximum atomic E-state index is 12.1. The van der Waals surface area contributed by atoms with Gasteiger partial charge in [0.15, 0.2) is 5.82 Å². The molecule has 0 atom stereocenters. The lowest BCUT2D eigenvalue weighted by atomic mass is 10.1. The van der Waals surface area contributed by atoms with Crippen LogP contribution in [0.5, 0.6) is 0 Å². The number of nitrogens with one attached hydrogen (secondary N) is 2. The van der Waals surface area contributed by atoms with Gasteiger partial charge in [-0.1, -0.05) is 42.1 Å². The SMILES string of the molecule is O=C(NC(=O)c1c(Cl)cccc1Cl)Nc1cnc(C2CCCC2)cn1. The highest BCUT2D eigenvalue weighted by atomic mass is 35.5. The van der Waals surface area contributed by atoms with E-state index in [2.05, 4.69) is 20.6 Å². The quantitative estimate of drug-likeness (QED) is 0.828. The first-order valence-electron chi connectivity index (χ1n) is 7.93. The second kappa shape index (κ2) is 7.80. The number of carbonyl (C=O) groups excluding carboxylic acids is 2. The molecule has 1 aliphatic carbocycles. The van der Waals surface area contributed by atoms with Crippen LogP contribution in [0, 0.1) is 0 Å². The third-order valence-corrected chi connectivity index (χ3v) is 4.73.